The van der Waals surface area contributed by atoms with Gasteiger partial charge in [-0.1, -0.05) is 12.1 Å². The van der Waals surface area contributed by atoms with Gasteiger partial charge in [-0.15, -0.1) is 0 Å². The third-order valence-corrected chi connectivity index (χ3v) is 3.86. The molecule has 1 aliphatic rings. The van der Waals surface area contributed by atoms with Crippen molar-refractivity contribution in [2.45, 2.75) is 19.4 Å². The summed E-state index contributed by atoms with van der Waals surface area (Å²) in [5, 5.41) is 3.61. The van der Waals surface area contributed by atoms with Crippen LogP contribution in [0.4, 0.5) is 5.69 Å². The van der Waals surface area contributed by atoms with Gasteiger partial charge < -0.3 is 15.1 Å². The molecule has 1 aromatic carbocycles. The topological polar surface area (TPSA) is 18.5 Å². The summed E-state index contributed by atoms with van der Waals surface area (Å²) in [6, 6.07) is 8.79. The van der Waals surface area contributed by atoms with Gasteiger partial charge in [0.2, 0.25) is 0 Å². The molecule has 1 N–H and O–H groups in total. The molecular weight excluding hydrogens is 234 g/mol. The van der Waals surface area contributed by atoms with Crippen LogP contribution in [0.2, 0.25) is 0 Å². The first-order valence-corrected chi connectivity index (χ1v) is 7.29. The number of anilines is 1. The van der Waals surface area contributed by atoms with E-state index < -0.39 is 0 Å². The zero-order valence-electron chi connectivity index (χ0n) is 12.5. The van der Waals surface area contributed by atoms with Gasteiger partial charge >= 0.3 is 0 Å². The molecule has 1 saturated heterocycles. The molecule has 1 heterocycles. The molecule has 0 atom stereocenters. The maximum atomic E-state index is 3.61. The van der Waals surface area contributed by atoms with Crippen molar-refractivity contribution >= 4 is 5.69 Å². The van der Waals surface area contributed by atoms with E-state index in [-0.39, 0.29) is 0 Å². The Morgan fingerprint density at radius 2 is 2.00 bits per heavy atom. The van der Waals surface area contributed by atoms with Gasteiger partial charge in [-0.25, -0.2) is 0 Å². The summed E-state index contributed by atoms with van der Waals surface area (Å²) < 4.78 is 0. The summed E-state index contributed by atoms with van der Waals surface area (Å²) in [5.74, 6) is 0.828. The first kappa shape index (κ1) is 14.4. The van der Waals surface area contributed by atoms with Gasteiger partial charge in [-0.2, -0.15) is 0 Å². The highest BCUT2D eigenvalue weighted by Gasteiger charge is 2.16. The molecule has 3 nitrogen and oxygen atoms in total. The van der Waals surface area contributed by atoms with E-state index in [1.54, 1.807) is 0 Å². The Balaban J connectivity index is 1.82. The number of benzene rings is 1. The number of likely N-dealkylation sites (tertiary alicyclic amines) is 1. The smallest absolute Gasteiger partial charge is 0.0343 e. The standard InChI is InChI=1S/C16H27N3/c1-18(2)13-15-5-4-6-16(11-15)17-12-14-7-9-19(3)10-8-14/h4-6,11,14,17H,7-10,12-13H2,1-3H3. The second-order valence-electron chi connectivity index (χ2n) is 6.07. The molecule has 3 heteroatoms. The Morgan fingerprint density at radius 3 is 2.68 bits per heavy atom. The lowest BCUT2D eigenvalue weighted by Crippen LogP contribution is -2.32. The van der Waals surface area contributed by atoms with Gasteiger partial charge in [-0.3, -0.25) is 0 Å². The van der Waals surface area contributed by atoms with Crippen LogP contribution in [-0.4, -0.2) is 50.6 Å². The summed E-state index contributed by atoms with van der Waals surface area (Å²) in [7, 11) is 6.44. The molecule has 0 aliphatic carbocycles. The molecule has 0 saturated carbocycles. The predicted molar refractivity (Wildman–Crippen MR) is 82.5 cm³/mol. The van der Waals surface area contributed by atoms with Crippen molar-refractivity contribution in [3.63, 3.8) is 0 Å². The molecular formula is C16H27N3. The number of nitrogens with zero attached hydrogens (tertiary/aromatic N) is 2. The Kier molecular flexibility index (Phi) is 5.23. The summed E-state index contributed by atoms with van der Waals surface area (Å²) in [6.45, 7) is 4.60. The first-order chi connectivity index (χ1) is 9.13. The molecule has 0 bridgehead atoms. The minimum Gasteiger partial charge on any atom is -0.385 e. The molecule has 19 heavy (non-hydrogen) atoms. The van der Waals surface area contributed by atoms with Crippen LogP contribution >= 0.6 is 0 Å². The zero-order valence-corrected chi connectivity index (χ0v) is 12.5. The van der Waals surface area contributed by atoms with Crippen molar-refractivity contribution in [2.24, 2.45) is 5.92 Å². The highest BCUT2D eigenvalue weighted by atomic mass is 15.1. The van der Waals surface area contributed by atoms with Gasteiger partial charge in [-0.05, 0) is 70.7 Å². The minimum atomic E-state index is 0.828. The van der Waals surface area contributed by atoms with Crippen LogP contribution in [0.5, 0.6) is 0 Å². The van der Waals surface area contributed by atoms with Crippen LogP contribution < -0.4 is 5.32 Å². The SMILES string of the molecule is CN(C)Cc1cccc(NCC2CCN(C)CC2)c1. The second kappa shape index (κ2) is 6.92. The van der Waals surface area contributed by atoms with Gasteiger partial charge in [0.1, 0.15) is 0 Å². The highest BCUT2D eigenvalue weighted by molar-refractivity contribution is 5.45. The van der Waals surface area contributed by atoms with E-state index in [0.717, 1.165) is 19.0 Å². The Morgan fingerprint density at radius 1 is 1.26 bits per heavy atom. The number of nitrogens with one attached hydrogen (secondary N) is 1. The lowest BCUT2D eigenvalue weighted by Gasteiger charge is -2.29. The average Bonchev–Trinajstić information content (AvgIpc) is 2.38. The maximum Gasteiger partial charge on any atom is 0.0343 e. The molecule has 0 spiro atoms. The van der Waals surface area contributed by atoms with E-state index in [0.29, 0.717) is 0 Å². The van der Waals surface area contributed by atoms with Crippen molar-refractivity contribution < 1.29 is 0 Å². The van der Waals surface area contributed by atoms with Crippen LogP contribution in [0.1, 0.15) is 18.4 Å². The molecule has 0 amide bonds. The molecule has 0 radical (unpaired) electrons. The maximum absolute atomic E-state index is 3.61. The molecule has 106 valence electrons. The second-order valence-corrected chi connectivity index (χ2v) is 6.07. The third-order valence-electron chi connectivity index (χ3n) is 3.86. The van der Waals surface area contributed by atoms with Crippen molar-refractivity contribution in [3.05, 3.63) is 29.8 Å². The van der Waals surface area contributed by atoms with Gasteiger partial charge in [0.05, 0.1) is 0 Å². The van der Waals surface area contributed by atoms with Gasteiger partial charge in [0, 0.05) is 18.8 Å². The van der Waals surface area contributed by atoms with E-state index in [2.05, 4.69) is 60.5 Å². The molecule has 1 aliphatic heterocycles. The van der Waals surface area contributed by atoms with E-state index in [1.165, 1.54) is 37.2 Å². The van der Waals surface area contributed by atoms with Gasteiger partial charge in [0.15, 0.2) is 0 Å². The quantitative estimate of drug-likeness (QED) is 0.878. The lowest BCUT2D eigenvalue weighted by atomic mass is 9.97. The molecule has 2 rings (SSSR count). The molecule has 0 aromatic heterocycles. The summed E-state index contributed by atoms with van der Waals surface area (Å²) >= 11 is 0. The normalized spacial score (nSPS) is 17.9. The number of hydrogen-bond acceptors (Lipinski definition) is 3. The Bertz CT molecular complexity index is 381. The largest absolute Gasteiger partial charge is 0.385 e. The van der Waals surface area contributed by atoms with Crippen molar-refractivity contribution in [3.8, 4) is 0 Å². The third kappa shape index (κ3) is 4.84. The zero-order chi connectivity index (χ0) is 13.7. The Labute approximate surface area is 117 Å². The summed E-state index contributed by atoms with van der Waals surface area (Å²) in [5.41, 5.74) is 2.64. The summed E-state index contributed by atoms with van der Waals surface area (Å²) in [6.07, 6.45) is 2.64. The monoisotopic (exact) mass is 261 g/mol. The number of hydrogen-bond donors (Lipinski definition) is 1. The van der Waals surface area contributed by atoms with E-state index in [4.69, 9.17) is 0 Å². The molecule has 1 fully saturated rings. The van der Waals surface area contributed by atoms with E-state index in [9.17, 15) is 0 Å². The molecule has 0 unspecified atom stereocenters. The highest BCUT2D eigenvalue weighted by Crippen LogP contribution is 2.18. The van der Waals surface area contributed by atoms with E-state index >= 15 is 0 Å². The number of rotatable bonds is 5. The predicted octanol–water partition coefficient (Wildman–Crippen LogP) is 2.50. The fraction of sp³-hybridized carbons (Fsp3) is 0.625. The molecule has 1 aromatic rings. The van der Waals surface area contributed by atoms with Gasteiger partial charge in [0.25, 0.3) is 0 Å². The minimum absolute atomic E-state index is 0.828. The lowest BCUT2D eigenvalue weighted by molar-refractivity contribution is 0.226. The van der Waals surface area contributed by atoms with E-state index in [1.807, 2.05) is 0 Å². The van der Waals surface area contributed by atoms with Crippen molar-refractivity contribution in [2.75, 3.05) is 46.1 Å². The summed E-state index contributed by atoms with van der Waals surface area (Å²) in [4.78, 5) is 4.63. The van der Waals surface area contributed by atoms with Crippen LogP contribution in [-0.2, 0) is 6.54 Å². The van der Waals surface area contributed by atoms with Crippen LogP contribution in [0.15, 0.2) is 24.3 Å². The van der Waals surface area contributed by atoms with Crippen LogP contribution in [0.3, 0.4) is 0 Å². The fourth-order valence-corrected chi connectivity index (χ4v) is 2.67. The van der Waals surface area contributed by atoms with Crippen LogP contribution in [0, 0.1) is 5.92 Å². The average molecular weight is 261 g/mol. The number of piperidine rings is 1. The van der Waals surface area contributed by atoms with Crippen LogP contribution in [0.25, 0.3) is 0 Å². The first-order valence-electron chi connectivity index (χ1n) is 7.29. The fourth-order valence-electron chi connectivity index (χ4n) is 2.67. The Hall–Kier alpha value is -1.06. The van der Waals surface area contributed by atoms with Crippen molar-refractivity contribution in [1.82, 2.24) is 9.80 Å². The van der Waals surface area contributed by atoms with Crippen molar-refractivity contribution in [1.29, 1.82) is 0 Å².